The molecule has 4 rings (SSSR count). The van der Waals surface area contributed by atoms with E-state index in [0.717, 1.165) is 23.9 Å². The van der Waals surface area contributed by atoms with Crippen molar-refractivity contribution in [2.75, 3.05) is 6.54 Å². The second-order valence-electron chi connectivity index (χ2n) is 9.06. The van der Waals surface area contributed by atoms with E-state index >= 15 is 0 Å². The molecule has 2 heteroatoms. The Bertz CT molecular complexity index is 524. The first kappa shape index (κ1) is 17.5. The van der Waals surface area contributed by atoms with E-state index in [-0.39, 0.29) is 0 Å². The molecule has 25 heavy (non-hydrogen) atoms. The second-order valence-corrected chi connectivity index (χ2v) is 9.06. The van der Waals surface area contributed by atoms with Gasteiger partial charge in [0.1, 0.15) is 0 Å². The first-order chi connectivity index (χ1) is 12.2. The third-order valence-corrected chi connectivity index (χ3v) is 6.85. The second kappa shape index (κ2) is 7.80. The van der Waals surface area contributed by atoms with Crippen LogP contribution in [0.1, 0.15) is 76.9 Å². The summed E-state index contributed by atoms with van der Waals surface area (Å²) in [7, 11) is 0. The van der Waals surface area contributed by atoms with Crippen molar-refractivity contribution in [1.29, 1.82) is 0 Å². The molecule has 0 radical (unpaired) electrons. The van der Waals surface area contributed by atoms with Gasteiger partial charge in [0.25, 0.3) is 0 Å². The maximum atomic E-state index is 6.81. The van der Waals surface area contributed by atoms with Crippen molar-refractivity contribution in [3.05, 3.63) is 35.9 Å². The molecule has 0 amide bonds. The Morgan fingerprint density at radius 1 is 1.00 bits per heavy atom. The van der Waals surface area contributed by atoms with Crippen LogP contribution in [0.4, 0.5) is 0 Å². The predicted molar refractivity (Wildman–Crippen MR) is 104 cm³/mol. The Hall–Kier alpha value is -0.860. The lowest BCUT2D eigenvalue weighted by Crippen LogP contribution is -2.46. The number of benzene rings is 1. The minimum absolute atomic E-state index is 0.335. The molecule has 3 fully saturated rings. The van der Waals surface area contributed by atoms with Crippen LogP contribution in [0.5, 0.6) is 0 Å². The zero-order chi connectivity index (χ0) is 17.2. The molecule has 0 spiro atoms. The van der Waals surface area contributed by atoms with Crippen LogP contribution in [0.15, 0.2) is 30.3 Å². The maximum absolute atomic E-state index is 6.81. The Morgan fingerprint density at radius 2 is 1.68 bits per heavy atom. The van der Waals surface area contributed by atoms with E-state index < -0.39 is 0 Å². The summed E-state index contributed by atoms with van der Waals surface area (Å²) in [6, 6.07) is 12.6. The summed E-state index contributed by atoms with van der Waals surface area (Å²) in [4.78, 5) is 2.82. The number of hydrogen-bond acceptors (Lipinski definition) is 2. The lowest BCUT2D eigenvalue weighted by molar-refractivity contribution is -0.0967. The third kappa shape index (κ3) is 3.95. The molecule has 1 saturated carbocycles. The zero-order valence-corrected chi connectivity index (χ0v) is 16.1. The quantitative estimate of drug-likeness (QED) is 0.641. The Morgan fingerprint density at radius 3 is 2.24 bits per heavy atom. The molecule has 3 aliphatic rings. The third-order valence-electron chi connectivity index (χ3n) is 6.85. The SMILES string of the molecule is CC(C)CCN1[C@@H]2CC[C@H]1CC(OC(c1ccccc1)C1CCC1)C2. The van der Waals surface area contributed by atoms with E-state index in [1.807, 2.05) is 0 Å². The van der Waals surface area contributed by atoms with Crippen LogP contribution in [0.3, 0.4) is 0 Å². The first-order valence-electron chi connectivity index (χ1n) is 10.7. The van der Waals surface area contributed by atoms with Crippen LogP contribution in [0, 0.1) is 11.8 Å². The van der Waals surface area contributed by atoms with E-state index in [9.17, 15) is 0 Å². The lowest BCUT2D eigenvalue weighted by Gasteiger charge is -2.42. The molecule has 138 valence electrons. The molecule has 0 N–H and O–H groups in total. The molecular formula is C23H35NO. The van der Waals surface area contributed by atoms with Crippen LogP contribution < -0.4 is 0 Å². The van der Waals surface area contributed by atoms with Crippen molar-refractivity contribution in [1.82, 2.24) is 4.90 Å². The van der Waals surface area contributed by atoms with Crippen LogP contribution in [0.25, 0.3) is 0 Å². The largest absolute Gasteiger partial charge is 0.370 e. The van der Waals surface area contributed by atoms with Gasteiger partial charge in [0.2, 0.25) is 0 Å². The van der Waals surface area contributed by atoms with Gasteiger partial charge in [-0.1, -0.05) is 50.6 Å². The van der Waals surface area contributed by atoms with Crippen molar-refractivity contribution in [3.8, 4) is 0 Å². The fraction of sp³-hybridized carbons (Fsp3) is 0.739. The highest BCUT2D eigenvalue weighted by Gasteiger charge is 2.42. The monoisotopic (exact) mass is 341 g/mol. The number of piperidine rings is 1. The fourth-order valence-electron chi connectivity index (χ4n) is 5.16. The smallest absolute Gasteiger partial charge is 0.0856 e. The van der Waals surface area contributed by atoms with Gasteiger partial charge in [-0.3, -0.25) is 4.90 Å². The van der Waals surface area contributed by atoms with E-state index in [2.05, 4.69) is 49.1 Å². The minimum Gasteiger partial charge on any atom is -0.370 e. The van der Waals surface area contributed by atoms with Gasteiger partial charge >= 0.3 is 0 Å². The summed E-state index contributed by atoms with van der Waals surface area (Å²) in [6.07, 6.45) is 11.5. The standard InChI is InChI=1S/C23H35NO/c1-17(2)13-14-24-20-11-12-21(24)16-22(15-20)25-23(19-9-6-10-19)18-7-4-3-5-8-18/h3-5,7-8,17,19-23H,6,9-16H2,1-2H3/t20-,21+,22?,23?. The van der Waals surface area contributed by atoms with Crippen LogP contribution in [0.2, 0.25) is 0 Å². The average Bonchev–Trinajstić information content (AvgIpc) is 2.80. The van der Waals surface area contributed by atoms with E-state index in [1.165, 1.54) is 63.5 Å². The topological polar surface area (TPSA) is 12.5 Å². The summed E-state index contributed by atoms with van der Waals surface area (Å²) in [5.41, 5.74) is 1.40. The van der Waals surface area contributed by atoms with E-state index in [1.54, 1.807) is 0 Å². The molecular weight excluding hydrogens is 306 g/mol. The predicted octanol–water partition coefficient (Wildman–Crippen LogP) is 5.59. The van der Waals surface area contributed by atoms with Gasteiger partial charge in [-0.25, -0.2) is 0 Å². The maximum Gasteiger partial charge on any atom is 0.0856 e. The van der Waals surface area contributed by atoms with Crippen LogP contribution in [-0.2, 0) is 4.74 Å². The molecule has 1 aromatic carbocycles. The molecule has 2 bridgehead atoms. The van der Waals surface area contributed by atoms with Gasteiger partial charge in [0, 0.05) is 12.1 Å². The normalized spacial score (nSPS) is 31.2. The number of rotatable bonds is 7. The average molecular weight is 342 g/mol. The van der Waals surface area contributed by atoms with Gasteiger partial charge < -0.3 is 4.74 Å². The van der Waals surface area contributed by atoms with Gasteiger partial charge in [-0.2, -0.15) is 0 Å². The molecule has 2 heterocycles. The minimum atomic E-state index is 0.335. The molecule has 2 aliphatic heterocycles. The summed E-state index contributed by atoms with van der Waals surface area (Å²) < 4.78 is 6.81. The van der Waals surface area contributed by atoms with Crippen molar-refractivity contribution < 1.29 is 4.74 Å². The Balaban J connectivity index is 1.39. The zero-order valence-electron chi connectivity index (χ0n) is 16.1. The lowest BCUT2D eigenvalue weighted by atomic mass is 9.78. The van der Waals surface area contributed by atoms with Crippen molar-refractivity contribution in [2.24, 2.45) is 11.8 Å². The number of fused-ring (bicyclic) bond motifs is 2. The number of nitrogens with zero attached hydrogens (tertiary/aromatic N) is 1. The summed E-state index contributed by atoms with van der Waals surface area (Å²) in [5.74, 6) is 1.56. The highest BCUT2D eigenvalue weighted by atomic mass is 16.5. The highest BCUT2D eigenvalue weighted by molar-refractivity contribution is 5.19. The Labute approximate surface area is 153 Å². The van der Waals surface area contributed by atoms with Gasteiger partial charge in [-0.05, 0) is 68.9 Å². The highest BCUT2D eigenvalue weighted by Crippen LogP contribution is 2.44. The molecule has 2 saturated heterocycles. The van der Waals surface area contributed by atoms with E-state index in [4.69, 9.17) is 4.74 Å². The van der Waals surface area contributed by atoms with Crippen molar-refractivity contribution >= 4 is 0 Å². The van der Waals surface area contributed by atoms with Crippen LogP contribution >= 0.6 is 0 Å². The number of ether oxygens (including phenoxy) is 1. The molecule has 0 aromatic heterocycles. The molecule has 2 nitrogen and oxygen atoms in total. The molecule has 1 aliphatic carbocycles. The van der Waals surface area contributed by atoms with Gasteiger partial charge in [0.05, 0.1) is 12.2 Å². The van der Waals surface area contributed by atoms with Crippen molar-refractivity contribution in [2.45, 2.75) is 89.5 Å². The first-order valence-corrected chi connectivity index (χ1v) is 10.7. The fourth-order valence-corrected chi connectivity index (χ4v) is 5.16. The van der Waals surface area contributed by atoms with Crippen molar-refractivity contribution in [3.63, 3.8) is 0 Å². The van der Waals surface area contributed by atoms with Gasteiger partial charge in [-0.15, -0.1) is 0 Å². The van der Waals surface area contributed by atoms with Crippen LogP contribution in [-0.4, -0.2) is 29.6 Å². The molecule has 2 unspecified atom stereocenters. The molecule has 4 atom stereocenters. The summed E-state index contributed by atoms with van der Waals surface area (Å²) in [6.45, 7) is 5.99. The van der Waals surface area contributed by atoms with E-state index in [0.29, 0.717) is 12.2 Å². The molecule has 1 aromatic rings. The Kier molecular flexibility index (Phi) is 5.47. The van der Waals surface area contributed by atoms with Gasteiger partial charge in [0.15, 0.2) is 0 Å². The number of hydrogen-bond donors (Lipinski definition) is 0. The summed E-state index contributed by atoms with van der Waals surface area (Å²) >= 11 is 0. The summed E-state index contributed by atoms with van der Waals surface area (Å²) in [5, 5.41) is 0.